The van der Waals surface area contributed by atoms with E-state index in [0.717, 1.165) is 54.5 Å². The van der Waals surface area contributed by atoms with E-state index >= 15 is 4.57 Å². The van der Waals surface area contributed by atoms with Crippen molar-refractivity contribution in [1.29, 1.82) is 0 Å². The van der Waals surface area contributed by atoms with Crippen LogP contribution in [0.5, 0.6) is 0 Å². The van der Waals surface area contributed by atoms with E-state index in [-0.39, 0.29) is 5.41 Å². The highest BCUT2D eigenvalue weighted by Crippen LogP contribution is 2.55. The van der Waals surface area contributed by atoms with Gasteiger partial charge in [0.1, 0.15) is 0 Å². The molecule has 10 aromatic rings. The Hall–Kier alpha value is -6.47. The molecule has 56 heavy (non-hydrogen) atoms. The van der Waals surface area contributed by atoms with Crippen LogP contribution in [0.2, 0.25) is 0 Å². The van der Waals surface area contributed by atoms with E-state index in [1.54, 1.807) is 0 Å². The minimum absolute atomic E-state index is 0.0974. The van der Waals surface area contributed by atoms with Gasteiger partial charge in [0.2, 0.25) is 0 Å². The first-order chi connectivity index (χ1) is 27.4. The topological polar surface area (TPSA) is 22.0 Å². The number of aromatic nitrogens is 1. The Kier molecular flexibility index (Phi) is 6.42. The van der Waals surface area contributed by atoms with Crippen LogP contribution in [-0.2, 0) is 9.98 Å². The van der Waals surface area contributed by atoms with E-state index in [0.29, 0.717) is 0 Å². The maximum atomic E-state index is 15.6. The van der Waals surface area contributed by atoms with Gasteiger partial charge < -0.3 is 9.13 Å². The standard InChI is InChI=1S/C53H36NOP/c1-53(2)45-25-13-10-18-35(45)36-29-28-33(30-46(36)53)51-39-21-6-8-23-41(39)52(42-24-9-7-22-40(42)51)54-47-26-14-11-19-37(47)43-32-50-44(31-48(43)54)38-20-12-15-27-49(38)56(50,55)34-16-4-3-5-17-34/h3-32H,1-2H3. The molecule has 0 N–H and O–H groups in total. The summed E-state index contributed by atoms with van der Waals surface area (Å²) < 4.78 is 18.1. The molecule has 2 aliphatic rings. The maximum Gasteiger partial charge on any atom is 0.172 e. The molecule has 2 nitrogen and oxygen atoms in total. The second kappa shape index (κ2) is 11.3. The average molecular weight is 734 g/mol. The fourth-order valence-corrected chi connectivity index (χ4v) is 13.3. The number of hydrogen-bond acceptors (Lipinski definition) is 1. The van der Waals surface area contributed by atoms with Crippen molar-refractivity contribution in [3.8, 4) is 39.1 Å². The average Bonchev–Trinajstić information content (AvgIpc) is 3.79. The molecule has 3 heteroatoms. The van der Waals surface area contributed by atoms with Crippen molar-refractivity contribution in [3.63, 3.8) is 0 Å². The number of benzene rings is 9. The zero-order chi connectivity index (χ0) is 37.3. The number of hydrogen-bond donors (Lipinski definition) is 0. The van der Waals surface area contributed by atoms with Gasteiger partial charge in [-0.05, 0) is 79.5 Å². The molecule has 0 fully saturated rings. The van der Waals surface area contributed by atoms with Gasteiger partial charge in [-0.25, -0.2) is 0 Å². The largest absolute Gasteiger partial charge is 0.309 e. The van der Waals surface area contributed by atoms with Crippen molar-refractivity contribution >= 4 is 66.4 Å². The van der Waals surface area contributed by atoms with Crippen LogP contribution in [-0.4, -0.2) is 4.57 Å². The van der Waals surface area contributed by atoms with Crippen LogP contribution in [0.4, 0.5) is 0 Å². The van der Waals surface area contributed by atoms with Crippen molar-refractivity contribution in [1.82, 2.24) is 4.57 Å². The normalized spacial score (nSPS) is 16.3. The van der Waals surface area contributed by atoms with E-state index in [2.05, 4.69) is 164 Å². The molecular formula is C53H36NOP. The van der Waals surface area contributed by atoms with Gasteiger partial charge in [0, 0.05) is 42.9 Å². The zero-order valence-electron chi connectivity index (χ0n) is 31.1. The molecule has 1 aliphatic carbocycles. The second-order valence-corrected chi connectivity index (χ2v) is 18.6. The quantitative estimate of drug-likeness (QED) is 0.131. The van der Waals surface area contributed by atoms with E-state index in [4.69, 9.17) is 0 Å². The van der Waals surface area contributed by atoms with Crippen LogP contribution in [0.3, 0.4) is 0 Å². The molecule has 9 aromatic carbocycles. The Morgan fingerprint density at radius 2 is 1.02 bits per heavy atom. The molecule has 1 atom stereocenters. The van der Waals surface area contributed by atoms with E-state index in [1.165, 1.54) is 54.9 Å². The zero-order valence-corrected chi connectivity index (χ0v) is 32.0. The molecule has 1 aromatic heterocycles. The molecule has 1 aliphatic heterocycles. The van der Waals surface area contributed by atoms with Crippen molar-refractivity contribution < 1.29 is 4.57 Å². The van der Waals surface area contributed by atoms with Crippen molar-refractivity contribution in [3.05, 3.63) is 193 Å². The van der Waals surface area contributed by atoms with Crippen molar-refractivity contribution in [2.45, 2.75) is 19.3 Å². The first-order valence-corrected chi connectivity index (χ1v) is 21.2. The smallest absolute Gasteiger partial charge is 0.172 e. The molecule has 2 heterocycles. The van der Waals surface area contributed by atoms with Crippen LogP contribution < -0.4 is 15.9 Å². The summed E-state index contributed by atoms with van der Waals surface area (Å²) in [5.41, 5.74) is 13.3. The van der Waals surface area contributed by atoms with Crippen LogP contribution in [0.1, 0.15) is 25.0 Å². The summed E-state index contributed by atoms with van der Waals surface area (Å²) in [4.78, 5) is 0. The van der Waals surface area contributed by atoms with Gasteiger partial charge >= 0.3 is 0 Å². The molecule has 0 saturated heterocycles. The van der Waals surface area contributed by atoms with Gasteiger partial charge in [-0.15, -0.1) is 0 Å². The monoisotopic (exact) mass is 733 g/mol. The van der Waals surface area contributed by atoms with E-state index in [1.807, 2.05) is 36.4 Å². The molecule has 1 unspecified atom stereocenters. The number of nitrogens with zero attached hydrogens (tertiary/aromatic N) is 1. The fourth-order valence-electron chi connectivity index (χ4n) is 10.3. The number of rotatable bonds is 3. The Labute approximate surface area is 325 Å². The molecule has 264 valence electrons. The van der Waals surface area contributed by atoms with Gasteiger partial charge in [0.05, 0.1) is 16.7 Å². The molecule has 0 amide bonds. The van der Waals surface area contributed by atoms with Crippen molar-refractivity contribution in [2.24, 2.45) is 0 Å². The third-order valence-corrected chi connectivity index (χ3v) is 15.9. The summed E-state index contributed by atoms with van der Waals surface area (Å²) in [6, 6.07) is 65.5. The first kappa shape index (κ1) is 31.8. The lowest BCUT2D eigenvalue weighted by molar-refractivity contribution is 0.593. The van der Waals surface area contributed by atoms with E-state index in [9.17, 15) is 0 Å². The Morgan fingerprint density at radius 3 is 1.77 bits per heavy atom. The van der Waals surface area contributed by atoms with Crippen LogP contribution >= 0.6 is 7.14 Å². The van der Waals surface area contributed by atoms with Gasteiger partial charge in [-0.3, -0.25) is 0 Å². The maximum absolute atomic E-state index is 15.6. The van der Waals surface area contributed by atoms with Gasteiger partial charge in [-0.1, -0.05) is 172 Å². The lowest BCUT2D eigenvalue weighted by Crippen LogP contribution is -2.20. The predicted octanol–water partition coefficient (Wildman–Crippen LogP) is 12.7. The lowest BCUT2D eigenvalue weighted by atomic mass is 9.81. The predicted molar refractivity (Wildman–Crippen MR) is 237 cm³/mol. The molecule has 0 radical (unpaired) electrons. The summed E-state index contributed by atoms with van der Waals surface area (Å²) >= 11 is 0. The molecular weight excluding hydrogens is 698 g/mol. The third-order valence-electron chi connectivity index (χ3n) is 12.8. The summed E-state index contributed by atoms with van der Waals surface area (Å²) in [6.45, 7) is 4.72. The fraction of sp³-hybridized carbons (Fsp3) is 0.0566. The number of para-hydroxylation sites is 1. The third kappa shape index (κ3) is 4.04. The SMILES string of the molecule is CC1(C)c2ccccc2-c2ccc(-c3c4ccccc4c(-n4c5ccccc5c5cc6c(cc54)-c4ccccc4P6(=O)c4ccccc4)c4ccccc34)cc21. The highest BCUT2D eigenvalue weighted by Gasteiger charge is 2.41. The summed E-state index contributed by atoms with van der Waals surface area (Å²) in [5.74, 6) is 0. The summed E-state index contributed by atoms with van der Waals surface area (Å²) in [5, 5.41) is 9.82. The van der Waals surface area contributed by atoms with E-state index < -0.39 is 7.14 Å². The Morgan fingerprint density at radius 1 is 0.429 bits per heavy atom. The Balaban J connectivity index is 1.18. The summed E-state index contributed by atoms with van der Waals surface area (Å²) in [6.07, 6.45) is 0. The van der Waals surface area contributed by atoms with Gasteiger partial charge in [-0.2, -0.15) is 0 Å². The highest BCUT2D eigenvalue weighted by atomic mass is 31.2. The minimum Gasteiger partial charge on any atom is -0.309 e. The summed E-state index contributed by atoms with van der Waals surface area (Å²) in [7, 11) is -3.11. The molecule has 12 rings (SSSR count). The molecule has 0 spiro atoms. The molecule has 0 saturated carbocycles. The van der Waals surface area contributed by atoms with Gasteiger partial charge in [0.25, 0.3) is 0 Å². The highest BCUT2D eigenvalue weighted by molar-refractivity contribution is 7.86. The van der Waals surface area contributed by atoms with Crippen molar-refractivity contribution in [2.75, 3.05) is 0 Å². The van der Waals surface area contributed by atoms with Crippen LogP contribution in [0, 0.1) is 0 Å². The first-order valence-electron chi connectivity index (χ1n) is 19.5. The lowest BCUT2D eigenvalue weighted by Gasteiger charge is -2.23. The Bertz CT molecular complexity index is 3310. The van der Waals surface area contributed by atoms with Crippen LogP contribution in [0.25, 0.3) is 82.4 Å². The molecule has 0 bridgehead atoms. The van der Waals surface area contributed by atoms with Gasteiger partial charge in [0.15, 0.2) is 7.14 Å². The minimum atomic E-state index is -3.11. The number of fused-ring (bicyclic) bond motifs is 11. The second-order valence-electron chi connectivity index (χ2n) is 15.9. The van der Waals surface area contributed by atoms with Crippen LogP contribution in [0.15, 0.2) is 182 Å².